The van der Waals surface area contributed by atoms with E-state index in [0.717, 1.165) is 36.3 Å². The van der Waals surface area contributed by atoms with Crippen molar-refractivity contribution in [3.8, 4) is 0 Å². The number of likely N-dealkylation sites (tertiary alicyclic amines) is 1. The highest BCUT2D eigenvalue weighted by Crippen LogP contribution is 2.21. The lowest BCUT2D eigenvalue weighted by molar-refractivity contribution is -0.141. The number of aromatic nitrogens is 1. The van der Waals surface area contributed by atoms with Gasteiger partial charge in [-0.3, -0.25) is 19.3 Å². The lowest BCUT2D eigenvalue weighted by Gasteiger charge is -2.38. The number of hydrogen-bond acceptors (Lipinski definition) is 7. The molecule has 3 N–H and O–H groups in total. The summed E-state index contributed by atoms with van der Waals surface area (Å²) in [5.41, 5.74) is 0.0728. The Labute approximate surface area is 220 Å². The first-order valence-electron chi connectivity index (χ1n) is 12.6. The molecule has 0 aliphatic carbocycles. The summed E-state index contributed by atoms with van der Waals surface area (Å²) in [6, 6.07) is 2.40. The van der Waals surface area contributed by atoms with Gasteiger partial charge in [0, 0.05) is 50.3 Å². The minimum atomic E-state index is -1.17. The van der Waals surface area contributed by atoms with Crippen LogP contribution in [0, 0.1) is 18.6 Å². The quantitative estimate of drug-likeness (QED) is 0.425. The fourth-order valence-corrected chi connectivity index (χ4v) is 4.44. The molecule has 1 aromatic carbocycles. The number of halogens is 2. The number of aryl methyl sites for hydroxylation is 1. The van der Waals surface area contributed by atoms with Gasteiger partial charge >= 0.3 is 0 Å². The molecule has 12 heteroatoms. The van der Waals surface area contributed by atoms with Crippen molar-refractivity contribution < 1.29 is 32.8 Å². The number of carbonyl (C=O) groups is 3. The van der Waals surface area contributed by atoms with Crippen molar-refractivity contribution in [1.82, 2.24) is 25.6 Å². The number of nitrogens with one attached hydrogen (secondary N) is 2. The van der Waals surface area contributed by atoms with Crippen LogP contribution in [0.25, 0.3) is 0 Å². The van der Waals surface area contributed by atoms with E-state index in [1.165, 1.54) is 26.1 Å². The van der Waals surface area contributed by atoms with Crippen LogP contribution in [0.4, 0.5) is 8.78 Å². The van der Waals surface area contributed by atoms with Crippen molar-refractivity contribution in [3.63, 3.8) is 0 Å². The molecule has 1 saturated heterocycles. The Morgan fingerprint density at radius 3 is 2.63 bits per heavy atom. The second-order valence-electron chi connectivity index (χ2n) is 9.73. The van der Waals surface area contributed by atoms with Gasteiger partial charge in [0.05, 0.1) is 0 Å². The number of amides is 3. The summed E-state index contributed by atoms with van der Waals surface area (Å²) in [5.74, 6) is -2.94. The van der Waals surface area contributed by atoms with Crippen LogP contribution in [0.5, 0.6) is 0 Å². The standard InChI is InChI=1S/C26H35F2N5O5/c1-15-7-5-6-10-33(15)23(34)13-22(30-25(36)21-11-16(2)38-31-21)26(37)32(4)17(3)24(35)29-14-18-8-9-19(27)12-20(18)28/h8-9,11-12,15,17,22-23,34H,5-7,10,13-14H2,1-4H3,(H,29,35)(H,30,36)/t15?,17-,22-,23?/m0/s1. The highest BCUT2D eigenvalue weighted by molar-refractivity contribution is 5.97. The van der Waals surface area contributed by atoms with Crippen LogP contribution in [-0.2, 0) is 16.1 Å². The normalized spacial score (nSPS) is 18.3. The van der Waals surface area contributed by atoms with E-state index in [1.54, 1.807) is 6.92 Å². The first-order chi connectivity index (χ1) is 18.0. The Kier molecular flexibility index (Phi) is 9.92. The number of benzene rings is 1. The van der Waals surface area contributed by atoms with Gasteiger partial charge in [0.2, 0.25) is 11.8 Å². The molecule has 2 heterocycles. The van der Waals surface area contributed by atoms with Crippen LogP contribution < -0.4 is 10.6 Å². The number of piperidine rings is 1. The maximum atomic E-state index is 13.9. The lowest BCUT2D eigenvalue weighted by atomic mass is 10.0. The Morgan fingerprint density at radius 2 is 2.00 bits per heavy atom. The third-order valence-electron chi connectivity index (χ3n) is 6.92. The molecule has 208 valence electrons. The molecule has 3 rings (SSSR count). The van der Waals surface area contributed by atoms with E-state index in [1.807, 2.05) is 11.8 Å². The Bertz CT molecular complexity index is 1140. The molecule has 1 aliphatic rings. The molecule has 0 bridgehead atoms. The molecule has 1 aromatic heterocycles. The SMILES string of the molecule is Cc1cc(C(=O)N[C@@H](CC(O)N2CCCCC2C)C(=O)N(C)[C@@H](C)C(=O)NCc2ccc(F)cc2F)no1. The summed E-state index contributed by atoms with van der Waals surface area (Å²) in [6.07, 6.45) is 1.76. The zero-order valence-corrected chi connectivity index (χ0v) is 22.0. The van der Waals surface area contributed by atoms with E-state index in [4.69, 9.17) is 4.52 Å². The van der Waals surface area contributed by atoms with Crippen molar-refractivity contribution in [2.24, 2.45) is 0 Å². The van der Waals surface area contributed by atoms with E-state index < -0.39 is 47.7 Å². The number of aliphatic hydroxyl groups excluding tert-OH is 1. The predicted molar refractivity (Wildman–Crippen MR) is 134 cm³/mol. The van der Waals surface area contributed by atoms with Gasteiger partial charge in [-0.2, -0.15) is 0 Å². The molecule has 0 saturated carbocycles. The molecule has 4 atom stereocenters. The lowest BCUT2D eigenvalue weighted by Crippen LogP contribution is -2.56. The third kappa shape index (κ3) is 7.35. The summed E-state index contributed by atoms with van der Waals surface area (Å²) >= 11 is 0. The first kappa shape index (κ1) is 29.2. The highest BCUT2D eigenvalue weighted by atomic mass is 19.1. The number of rotatable bonds is 10. The highest BCUT2D eigenvalue weighted by Gasteiger charge is 2.34. The fourth-order valence-electron chi connectivity index (χ4n) is 4.44. The number of aliphatic hydroxyl groups is 1. The first-order valence-corrected chi connectivity index (χ1v) is 12.6. The van der Waals surface area contributed by atoms with Gasteiger partial charge in [0.1, 0.15) is 35.7 Å². The summed E-state index contributed by atoms with van der Waals surface area (Å²) < 4.78 is 32.0. The van der Waals surface area contributed by atoms with Crippen LogP contribution in [0.3, 0.4) is 0 Å². The zero-order chi connectivity index (χ0) is 28.0. The molecule has 1 fully saturated rings. The molecule has 2 aromatic rings. The van der Waals surface area contributed by atoms with Crippen LogP contribution in [0.15, 0.2) is 28.8 Å². The van der Waals surface area contributed by atoms with Crippen LogP contribution in [-0.4, -0.2) is 75.7 Å². The molecule has 2 unspecified atom stereocenters. The van der Waals surface area contributed by atoms with Gasteiger partial charge in [-0.1, -0.05) is 17.6 Å². The van der Waals surface area contributed by atoms with Crippen molar-refractivity contribution in [2.75, 3.05) is 13.6 Å². The summed E-state index contributed by atoms with van der Waals surface area (Å²) in [5, 5.41) is 19.8. The van der Waals surface area contributed by atoms with E-state index >= 15 is 0 Å². The Hall–Kier alpha value is -3.38. The predicted octanol–water partition coefficient (Wildman–Crippen LogP) is 2.11. The maximum Gasteiger partial charge on any atom is 0.274 e. The third-order valence-corrected chi connectivity index (χ3v) is 6.92. The molecule has 0 radical (unpaired) electrons. The minimum Gasteiger partial charge on any atom is -0.378 e. The van der Waals surface area contributed by atoms with Crippen LogP contribution in [0.1, 0.15) is 61.3 Å². The van der Waals surface area contributed by atoms with Gasteiger partial charge in [0.25, 0.3) is 5.91 Å². The largest absolute Gasteiger partial charge is 0.378 e. The smallest absolute Gasteiger partial charge is 0.274 e. The number of carbonyl (C=O) groups excluding carboxylic acids is 3. The second-order valence-corrected chi connectivity index (χ2v) is 9.73. The molecule has 38 heavy (non-hydrogen) atoms. The number of hydrogen-bond donors (Lipinski definition) is 3. The average Bonchev–Trinajstić information content (AvgIpc) is 3.32. The summed E-state index contributed by atoms with van der Waals surface area (Å²) in [4.78, 5) is 42.1. The van der Waals surface area contributed by atoms with Gasteiger partial charge in [0.15, 0.2) is 5.69 Å². The Balaban J connectivity index is 1.71. The molecule has 0 spiro atoms. The molecular formula is C26H35F2N5O5. The molecule has 3 amide bonds. The molecular weight excluding hydrogens is 500 g/mol. The minimum absolute atomic E-state index is 0.0177. The monoisotopic (exact) mass is 535 g/mol. The van der Waals surface area contributed by atoms with Crippen LogP contribution in [0.2, 0.25) is 0 Å². The maximum absolute atomic E-state index is 13.9. The van der Waals surface area contributed by atoms with E-state index in [9.17, 15) is 28.3 Å². The van der Waals surface area contributed by atoms with E-state index in [2.05, 4.69) is 15.8 Å². The van der Waals surface area contributed by atoms with Gasteiger partial charge in [-0.05, 0) is 39.7 Å². The number of nitrogens with zero attached hydrogens (tertiary/aromatic N) is 3. The van der Waals surface area contributed by atoms with Gasteiger partial charge < -0.3 is 25.2 Å². The summed E-state index contributed by atoms with van der Waals surface area (Å²) in [7, 11) is 1.40. The van der Waals surface area contributed by atoms with Crippen molar-refractivity contribution in [2.45, 2.75) is 77.4 Å². The van der Waals surface area contributed by atoms with Crippen molar-refractivity contribution in [3.05, 3.63) is 52.9 Å². The second kappa shape index (κ2) is 12.9. The average molecular weight is 536 g/mol. The summed E-state index contributed by atoms with van der Waals surface area (Å²) in [6.45, 7) is 5.57. The van der Waals surface area contributed by atoms with Gasteiger partial charge in [-0.15, -0.1) is 0 Å². The van der Waals surface area contributed by atoms with Crippen LogP contribution >= 0.6 is 0 Å². The van der Waals surface area contributed by atoms with E-state index in [0.29, 0.717) is 12.3 Å². The zero-order valence-electron chi connectivity index (χ0n) is 22.0. The van der Waals surface area contributed by atoms with Crippen molar-refractivity contribution in [1.29, 1.82) is 0 Å². The number of likely N-dealkylation sites (N-methyl/N-ethyl adjacent to an activating group) is 1. The molecule has 10 nitrogen and oxygen atoms in total. The van der Waals surface area contributed by atoms with Gasteiger partial charge in [-0.25, -0.2) is 8.78 Å². The molecule has 1 aliphatic heterocycles. The Morgan fingerprint density at radius 1 is 1.26 bits per heavy atom. The topological polar surface area (TPSA) is 128 Å². The fraction of sp³-hybridized carbons (Fsp3) is 0.538. The van der Waals surface area contributed by atoms with Crippen molar-refractivity contribution >= 4 is 17.7 Å². The van der Waals surface area contributed by atoms with E-state index in [-0.39, 0.29) is 30.3 Å².